The van der Waals surface area contributed by atoms with E-state index in [1.54, 1.807) is 0 Å². The summed E-state index contributed by atoms with van der Waals surface area (Å²) in [5.74, 6) is 0.748. The van der Waals surface area contributed by atoms with Gasteiger partial charge in [-0.15, -0.1) is 0 Å². The highest BCUT2D eigenvalue weighted by Gasteiger charge is 2.33. The van der Waals surface area contributed by atoms with Crippen molar-refractivity contribution in [3.63, 3.8) is 0 Å². The summed E-state index contributed by atoms with van der Waals surface area (Å²) in [4.78, 5) is 16.2. The second kappa shape index (κ2) is 3.85. The maximum atomic E-state index is 10.9. The van der Waals surface area contributed by atoms with Crippen molar-refractivity contribution < 1.29 is 14.4 Å². The fraction of sp³-hybridized carbons (Fsp3) is 0.625. The Morgan fingerprint density at radius 1 is 1.73 bits per heavy atom. The highest BCUT2D eigenvalue weighted by Crippen LogP contribution is 2.30. The zero-order chi connectivity index (χ0) is 10.8. The molecule has 7 nitrogen and oxygen atoms in total. The van der Waals surface area contributed by atoms with E-state index >= 15 is 0 Å². The molecule has 15 heavy (non-hydrogen) atoms. The van der Waals surface area contributed by atoms with E-state index in [4.69, 9.17) is 15.4 Å². The highest BCUT2D eigenvalue weighted by molar-refractivity contribution is 5.65. The predicted molar refractivity (Wildman–Crippen MR) is 48.9 cm³/mol. The first-order valence-electron chi connectivity index (χ1n) is 4.74. The lowest BCUT2D eigenvalue weighted by atomic mass is 10.2. The van der Waals surface area contributed by atoms with E-state index in [0.29, 0.717) is 18.3 Å². The van der Waals surface area contributed by atoms with E-state index < -0.39 is 6.09 Å². The highest BCUT2D eigenvalue weighted by atomic mass is 16.5. The number of hydrogen-bond acceptors (Lipinski definition) is 5. The second-order valence-corrected chi connectivity index (χ2v) is 3.39. The van der Waals surface area contributed by atoms with Crippen LogP contribution in [0.25, 0.3) is 0 Å². The second-order valence-electron chi connectivity index (χ2n) is 3.39. The van der Waals surface area contributed by atoms with Gasteiger partial charge in [0.15, 0.2) is 5.82 Å². The maximum Gasteiger partial charge on any atom is 0.407 e. The van der Waals surface area contributed by atoms with Crippen molar-refractivity contribution >= 4 is 6.09 Å². The van der Waals surface area contributed by atoms with E-state index in [0.717, 1.165) is 12.8 Å². The molecule has 1 aromatic rings. The molecule has 0 aromatic carbocycles. The molecule has 1 aliphatic heterocycles. The summed E-state index contributed by atoms with van der Waals surface area (Å²) < 4.78 is 4.97. The van der Waals surface area contributed by atoms with Crippen LogP contribution in [0.4, 0.5) is 4.79 Å². The Balaban J connectivity index is 2.18. The lowest BCUT2D eigenvalue weighted by Crippen LogP contribution is -2.28. The van der Waals surface area contributed by atoms with Gasteiger partial charge in [-0.3, -0.25) is 4.90 Å². The van der Waals surface area contributed by atoms with Crippen molar-refractivity contribution in [1.29, 1.82) is 0 Å². The molecule has 1 amide bonds. The van der Waals surface area contributed by atoms with Crippen LogP contribution in [-0.4, -0.2) is 32.8 Å². The van der Waals surface area contributed by atoms with Crippen molar-refractivity contribution in [3.05, 3.63) is 11.7 Å². The van der Waals surface area contributed by atoms with Crippen molar-refractivity contribution in [2.45, 2.75) is 25.4 Å². The average Bonchev–Trinajstić information content (AvgIpc) is 2.85. The molecule has 0 bridgehead atoms. The molecule has 1 unspecified atom stereocenters. The molecule has 3 N–H and O–H groups in total. The molecule has 0 spiro atoms. The van der Waals surface area contributed by atoms with Gasteiger partial charge < -0.3 is 15.4 Å². The minimum absolute atomic E-state index is 0.198. The predicted octanol–water partition coefficient (Wildman–Crippen LogP) is 0.343. The zero-order valence-corrected chi connectivity index (χ0v) is 8.09. The van der Waals surface area contributed by atoms with E-state index in [1.807, 2.05) is 0 Å². The number of nitrogens with zero attached hydrogens (tertiary/aromatic N) is 3. The van der Waals surface area contributed by atoms with Crippen molar-refractivity contribution in [3.8, 4) is 0 Å². The molecule has 1 aromatic heterocycles. The Morgan fingerprint density at radius 3 is 3.13 bits per heavy atom. The fourth-order valence-corrected chi connectivity index (χ4v) is 1.74. The zero-order valence-electron chi connectivity index (χ0n) is 8.09. The summed E-state index contributed by atoms with van der Waals surface area (Å²) in [6.07, 6.45) is 0.584. The van der Waals surface area contributed by atoms with Crippen LogP contribution in [0.1, 0.15) is 30.6 Å². The Labute approximate surface area is 85.9 Å². The summed E-state index contributed by atoms with van der Waals surface area (Å²) >= 11 is 0. The third-order valence-corrected chi connectivity index (χ3v) is 2.45. The first kappa shape index (κ1) is 9.91. The van der Waals surface area contributed by atoms with Gasteiger partial charge in [0.2, 0.25) is 5.89 Å². The molecule has 82 valence electrons. The van der Waals surface area contributed by atoms with Gasteiger partial charge in [-0.05, 0) is 12.8 Å². The fourth-order valence-electron chi connectivity index (χ4n) is 1.74. The van der Waals surface area contributed by atoms with Crippen molar-refractivity contribution in [1.82, 2.24) is 15.0 Å². The first-order valence-corrected chi connectivity index (χ1v) is 4.74. The number of aromatic nitrogens is 2. The number of rotatable bonds is 2. The van der Waals surface area contributed by atoms with Crippen LogP contribution in [0.3, 0.4) is 0 Å². The van der Waals surface area contributed by atoms with Gasteiger partial charge in [0.05, 0.1) is 6.54 Å². The smallest absolute Gasteiger partial charge is 0.407 e. The molecule has 0 aliphatic carbocycles. The van der Waals surface area contributed by atoms with E-state index in [-0.39, 0.29) is 12.6 Å². The van der Waals surface area contributed by atoms with Crippen LogP contribution < -0.4 is 5.73 Å². The minimum Gasteiger partial charge on any atom is -0.465 e. The SMILES string of the molecule is NCc1noc(C2CCCN2C(=O)O)n1. The number of carbonyl (C=O) groups is 1. The number of likely N-dealkylation sites (tertiary alicyclic amines) is 1. The monoisotopic (exact) mass is 212 g/mol. The lowest BCUT2D eigenvalue weighted by molar-refractivity contribution is 0.131. The standard InChI is InChI=1S/C8H12N4O3/c9-4-6-10-7(15-11-6)5-2-1-3-12(5)8(13)14/h5H,1-4,9H2,(H,13,14). The number of amides is 1. The van der Waals surface area contributed by atoms with Crippen molar-refractivity contribution in [2.24, 2.45) is 5.73 Å². The van der Waals surface area contributed by atoms with Gasteiger partial charge in [0.25, 0.3) is 0 Å². The Bertz CT molecular complexity index is 365. The normalized spacial score (nSPS) is 20.9. The molecular weight excluding hydrogens is 200 g/mol. The maximum absolute atomic E-state index is 10.9. The third-order valence-electron chi connectivity index (χ3n) is 2.45. The van der Waals surface area contributed by atoms with E-state index in [9.17, 15) is 4.79 Å². The van der Waals surface area contributed by atoms with Gasteiger partial charge in [-0.1, -0.05) is 5.16 Å². The van der Waals surface area contributed by atoms with E-state index in [2.05, 4.69) is 10.1 Å². The Kier molecular flexibility index (Phi) is 2.55. The molecular formula is C8H12N4O3. The van der Waals surface area contributed by atoms with Crippen LogP contribution >= 0.6 is 0 Å². The largest absolute Gasteiger partial charge is 0.465 e. The third kappa shape index (κ3) is 1.78. The summed E-state index contributed by atoms with van der Waals surface area (Å²) in [5.41, 5.74) is 5.34. The summed E-state index contributed by atoms with van der Waals surface area (Å²) in [5, 5.41) is 12.6. The molecule has 2 heterocycles. The van der Waals surface area contributed by atoms with Crippen LogP contribution in [0.2, 0.25) is 0 Å². The van der Waals surface area contributed by atoms with Crippen LogP contribution in [0, 0.1) is 0 Å². The minimum atomic E-state index is -0.954. The van der Waals surface area contributed by atoms with Crippen molar-refractivity contribution in [2.75, 3.05) is 6.54 Å². The lowest BCUT2D eigenvalue weighted by Gasteiger charge is -2.17. The molecule has 0 radical (unpaired) electrons. The molecule has 1 atom stereocenters. The summed E-state index contributed by atoms with van der Waals surface area (Å²) in [6, 6.07) is -0.310. The van der Waals surface area contributed by atoms with Gasteiger partial charge in [-0.2, -0.15) is 4.98 Å². The van der Waals surface area contributed by atoms with Gasteiger partial charge in [-0.25, -0.2) is 4.79 Å². The number of carboxylic acid groups (broad SMARTS) is 1. The molecule has 7 heteroatoms. The van der Waals surface area contributed by atoms with E-state index in [1.165, 1.54) is 4.90 Å². The number of hydrogen-bond donors (Lipinski definition) is 2. The molecule has 1 saturated heterocycles. The Hall–Kier alpha value is -1.63. The molecule has 2 rings (SSSR count). The van der Waals surface area contributed by atoms with Crippen LogP contribution in [0.5, 0.6) is 0 Å². The quantitative estimate of drug-likeness (QED) is 0.732. The molecule has 1 fully saturated rings. The molecule has 0 saturated carbocycles. The van der Waals surface area contributed by atoms with Gasteiger partial charge in [0, 0.05) is 6.54 Å². The first-order chi connectivity index (χ1) is 7.22. The Morgan fingerprint density at radius 2 is 2.53 bits per heavy atom. The number of nitrogens with two attached hydrogens (primary N) is 1. The van der Waals surface area contributed by atoms with Crippen LogP contribution in [-0.2, 0) is 6.54 Å². The van der Waals surface area contributed by atoms with Gasteiger partial charge in [0.1, 0.15) is 6.04 Å². The topological polar surface area (TPSA) is 105 Å². The molecule has 1 aliphatic rings. The van der Waals surface area contributed by atoms with Crippen LogP contribution in [0.15, 0.2) is 4.52 Å². The van der Waals surface area contributed by atoms with Gasteiger partial charge >= 0.3 is 6.09 Å². The summed E-state index contributed by atoms with van der Waals surface area (Å²) in [7, 11) is 0. The average molecular weight is 212 g/mol. The summed E-state index contributed by atoms with van der Waals surface area (Å²) in [6.45, 7) is 0.712.